The Morgan fingerprint density at radius 3 is 2.76 bits per heavy atom. The molecular weight excluding hydrogens is 435 g/mol. The highest BCUT2D eigenvalue weighted by Crippen LogP contribution is 2.29. The molecule has 4 aromatic rings. The predicted molar refractivity (Wildman–Crippen MR) is 128 cm³/mol. The van der Waals surface area contributed by atoms with Crippen molar-refractivity contribution in [2.45, 2.75) is 19.5 Å². The van der Waals surface area contributed by atoms with Gasteiger partial charge in [-0.05, 0) is 47.9 Å². The van der Waals surface area contributed by atoms with Crippen molar-refractivity contribution in [3.05, 3.63) is 90.3 Å². The maximum atomic E-state index is 13.5. The lowest BCUT2D eigenvalue weighted by Gasteiger charge is -2.21. The molecule has 0 saturated carbocycles. The van der Waals surface area contributed by atoms with Crippen LogP contribution in [-0.4, -0.2) is 44.4 Å². The minimum absolute atomic E-state index is 0.0109. The van der Waals surface area contributed by atoms with E-state index in [1.807, 2.05) is 36.5 Å². The Bertz CT molecular complexity index is 1230. The highest BCUT2D eigenvalue weighted by Gasteiger charge is 2.15. The summed E-state index contributed by atoms with van der Waals surface area (Å²) < 4.78 is 15.2. The van der Waals surface area contributed by atoms with E-state index in [1.54, 1.807) is 34.2 Å². The van der Waals surface area contributed by atoms with Crippen molar-refractivity contribution in [2.75, 3.05) is 23.4 Å². The highest BCUT2D eigenvalue weighted by molar-refractivity contribution is 5.83. The lowest BCUT2D eigenvalue weighted by Crippen LogP contribution is -2.23. The van der Waals surface area contributed by atoms with Crippen molar-refractivity contribution in [3.8, 4) is 11.3 Å². The summed E-state index contributed by atoms with van der Waals surface area (Å²) in [5.41, 5.74) is 3.82. The minimum atomic E-state index is -0.276. The van der Waals surface area contributed by atoms with E-state index >= 15 is 0 Å². The summed E-state index contributed by atoms with van der Waals surface area (Å²) in [5, 5.41) is 16.7. The number of halogens is 1. The lowest BCUT2D eigenvalue weighted by molar-refractivity contribution is -0.107. The van der Waals surface area contributed by atoms with Gasteiger partial charge in [0.05, 0.1) is 37.3 Å². The second-order valence-electron chi connectivity index (χ2n) is 7.68. The molecule has 9 heteroatoms. The van der Waals surface area contributed by atoms with Crippen LogP contribution < -0.4 is 10.2 Å². The first-order valence-corrected chi connectivity index (χ1v) is 10.9. The maximum absolute atomic E-state index is 13.5. The number of carbonyl (C=O) groups excluding carboxylic acids is 1. The zero-order chi connectivity index (χ0) is 23.8. The Kier molecular flexibility index (Phi) is 7.56. The summed E-state index contributed by atoms with van der Waals surface area (Å²) in [6.07, 6.45) is 8.23. The first-order chi connectivity index (χ1) is 16.7. The quantitative estimate of drug-likeness (QED) is 0.334. The number of nitrogens with one attached hydrogen (secondary N) is 1. The monoisotopic (exact) mass is 460 g/mol. The smallest absolute Gasteiger partial charge is 0.214 e. The first kappa shape index (κ1) is 23.1. The van der Waals surface area contributed by atoms with Crippen LogP contribution >= 0.6 is 0 Å². The lowest BCUT2D eigenvalue weighted by atomic mass is 10.1. The van der Waals surface area contributed by atoms with E-state index in [0.29, 0.717) is 43.3 Å². The number of aliphatic hydroxyl groups excluding tert-OH is 1. The number of carbonyl (C=O) groups is 1. The summed E-state index contributed by atoms with van der Waals surface area (Å²) in [5.74, 6) is 0.251. The van der Waals surface area contributed by atoms with Crippen LogP contribution in [0.4, 0.5) is 15.9 Å². The molecule has 0 unspecified atom stereocenters. The average molecular weight is 461 g/mol. The van der Waals surface area contributed by atoms with Crippen LogP contribution in [-0.2, 0) is 24.3 Å². The van der Waals surface area contributed by atoms with Crippen molar-refractivity contribution in [1.82, 2.24) is 19.7 Å². The topological polar surface area (TPSA) is 96.2 Å². The van der Waals surface area contributed by atoms with Crippen LogP contribution in [0.15, 0.2) is 73.3 Å². The van der Waals surface area contributed by atoms with Gasteiger partial charge in [0.1, 0.15) is 5.82 Å². The molecule has 0 spiro atoms. The molecule has 2 N–H and O–H groups in total. The molecule has 174 valence electrons. The fourth-order valence-corrected chi connectivity index (χ4v) is 3.58. The SMILES string of the molecule is O=CN(Cc1cccnc1)c1ccc(-c2cnn(CCO)c2)nc1NCCc1cccc(F)c1. The van der Waals surface area contributed by atoms with E-state index in [4.69, 9.17) is 10.1 Å². The van der Waals surface area contributed by atoms with E-state index in [1.165, 1.54) is 12.1 Å². The third-order valence-electron chi connectivity index (χ3n) is 5.24. The molecule has 1 amide bonds. The van der Waals surface area contributed by atoms with E-state index in [-0.39, 0.29) is 12.4 Å². The van der Waals surface area contributed by atoms with E-state index in [2.05, 4.69) is 15.4 Å². The van der Waals surface area contributed by atoms with Gasteiger partial charge >= 0.3 is 0 Å². The summed E-state index contributed by atoms with van der Waals surface area (Å²) in [6.45, 7) is 1.21. The molecule has 3 heterocycles. The molecule has 0 atom stereocenters. The molecule has 0 radical (unpaired) electrons. The molecule has 0 saturated heterocycles. The van der Waals surface area contributed by atoms with Crippen LogP contribution in [0.1, 0.15) is 11.1 Å². The van der Waals surface area contributed by atoms with Gasteiger partial charge in [-0.3, -0.25) is 14.5 Å². The maximum Gasteiger partial charge on any atom is 0.214 e. The van der Waals surface area contributed by atoms with Crippen LogP contribution in [0.3, 0.4) is 0 Å². The van der Waals surface area contributed by atoms with Gasteiger partial charge in [0, 0.05) is 30.7 Å². The molecule has 0 aliphatic heterocycles. The number of hydrogen-bond donors (Lipinski definition) is 2. The number of anilines is 2. The van der Waals surface area contributed by atoms with Crippen LogP contribution in [0.2, 0.25) is 0 Å². The fraction of sp³-hybridized carbons (Fsp3) is 0.200. The number of aliphatic hydroxyl groups is 1. The molecule has 3 aromatic heterocycles. The molecule has 0 fully saturated rings. The van der Waals surface area contributed by atoms with Crippen molar-refractivity contribution < 1.29 is 14.3 Å². The van der Waals surface area contributed by atoms with Gasteiger partial charge < -0.3 is 15.3 Å². The van der Waals surface area contributed by atoms with Crippen LogP contribution in [0.5, 0.6) is 0 Å². The van der Waals surface area contributed by atoms with E-state index in [9.17, 15) is 9.18 Å². The average Bonchev–Trinajstić information content (AvgIpc) is 3.32. The van der Waals surface area contributed by atoms with E-state index in [0.717, 1.165) is 23.1 Å². The van der Waals surface area contributed by atoms with Crippen molar-refractivity contribution >= 4 is 17.9 Å². The number of nitrogens with zero attached hydrogens (tertiary/aromatic N) is 5. The number of hydrogen-bond acceptors (Lipinski definition) is 6. The zero-order valence-electron chi connectivity index (χ0n) is 18.5. The number of amides is 1. The molecule has 34 heavy (non-hydrogen) atoms. The molecule has 0 bridgehead atoms. The number of pyridine rings is 2. The number of rotatable bonds is 11. The molecule has 4 rings (SSSR count). The molecule has 0 aliphatic carbocycles. The normalized spacial score (nSPS) is 10.8. The highest BCUT2D eigenvalue weighted by atomic mass is 19.1. The van der Waals surface area contributed by atoms with Gasteiger partial charge in [0.25, 0.3) is 0 Å². The van der Waals surface area contributed by atoms with Gasteiger partial charge in [-0.25, -0.2) is 9.37 Å². The molecule has 0 aliphatic rings. The first-order valence-electron chi connectivity index (χ1n) is 10.9. The molecular formula is C25H25FN6O2. The Labute approximate surface area is 196 Å². The third kappa shape index (κ3) is 5.81. The van der Waals surface area contributed by atoms with Crippen LogP contribution in [0, 0.1) is 5.82 Å². The third-order valence-corrected chi connectivity index (χ3v) is 5.24. The Hall–Kier alpha value is -4.11. The zero-order valence-corrected chi connectivity index (χ0v) is 18.5. The summed E-state index contributed by atoms with van der Waals surface area (Å²) in [7, 11) is 0. The van der Waals surface area contributed by atoms with Gasteiger partial charge in [-0.2, -0.15) is 5.10 Å². The number of aromatic nitrogens is 4. The number of benzene rings is 1. The standard InChI is InChI=1S/C25H25FN6O2/c26-22-5-1-3-19(13-22)8-10-28-25-24(31(18-34)16-20-4-2-9-27-14-20)7-6-23(30-25)21-15-29-32(17-21)11-12-33/h1-7,9,13-15,17-18,33H,8,10-12,16H2,(H,28,30). The summed E-state index contributed by atoms with van der Waals surface area (Å²) in [6, 6.07) is 13.8. The summed E-state index contributed by atoms with van der Waals surface area (Å²) >= 11 is 0. The predicted octanol–water partition coefficient (Wildman–Crippen LogP) is 3.29. The Morgan fingerprint density at radius 2 is 2.00 bits per heavy atom. The minimum Gasteiger partial charge on any atom is -0.394 e. The second kappa shape index (κ2) is 11.2. The van der Waals surface area contributed by atoms with E-state index < -0.39 is 0 Å². The Morgan fingerprint density at radius 1 is 1.12 bits per heavy atom. The Balaban J connectivity index is 1.60. The van der Waals surface area contributed by atoms with Gasteiger partial charge in [0.2, 0.25) is 6.41 Å². The van der Waals surface area contributed by atoms with Gasteiger partial charge in [0.15, 0.2) is 5.82 Å². The largest absolute Gasteiger partial charge is 0.394 e. The van der Waals surface area contributed by atoms with Crippen LogP contribution in [0.25, 0.3) is 11.3 Å². The van der Waals surface area contributed by atoms with Gasteiger partial charge in [-0.15, -0.1) is 0 Å². The second-order valence-corrected chi connectivity index (χ2v) is 7.68. The summed E-state index contributed by atoms with van der Waals surface area (Å²) in [4.78, 5) is 22.4. The van der Waals surface area contributed by atoms with Crippen molar-refractivity contribution in [1.29, 1.82) is 0 Å². The van der Waals surface area contributed by atoms with Gasteiger partial charge in [-0.1, -0.05) is 18.2 Å². The van der Waals surface area contributed by atoms with Crippen molar-refractivity contribution in [2.24, 2.45) is 0 Å². The van der Waals surface area contributed by atoms with Crippen molar-refractivity contribution in [3.63, 3.8) is 0 Å². The fourth-order valence-electron chi connectivity index (χ4n) is 3.58. The molecule has 8 nitrogen and oxygen atoms in total. The molecule has 1 aromatic carbocycles.